The summed E-state index contributed by atoms with van der Waals surface area (Å²) in [6.45, 7) is 7.47. The van der Waals surface area contributed by atoms with Gasteiger partial charge in [-0.3, -0.25) is 4.79 Å². The van der Waals surface area contributed by atoms with Crippen LogP contribution in [-0.4, -0.2) is 41.7 Å². The van der Waals surface area contributed by atoms with E-state index in [4.69, 9.17) is 9.47 Å². The minimum Gasteiger partial charge on any atom is -0.456 e. The van der Waals surface area contributed by atoms with Crippen LogP contribution in [-0.2, 0) is 24.1 Å². The van der Waals surface area contributed by atoms with Gasteiger partial charge in [-0.15, -0.1) is 0 Å². The van der Waals surface area contributed by atoms with Gasteiger partial charge in [-0.2, -0.15) is 0 Å². The lowest BCUT2D eigenvalue weighted by molar-refractivity contribution is -0.152. The third-order valence-corrected chi connectivity index (χ3v) is 11.3. The number of rotatable bonds is 8. The van der Waals surface area contributed by atoms with Crippen LogP contribution in [0.4, 0.5) is 5.82 Å². The van der Waals surface area contributed by atoms with Crippen molar-refractivity contribution in [3.05, 3.63) is 53.7 Å². The maximum Gasteiger partial charge on any atom is 0.340 e. The second kappa shape index (κ2) is 11.7. The lowest BCUT2D eigenvalue weighted by atomic mass is 9.62. The fourth-order valence-electron chi connectivity index (χ4n) is 6.31. The Labute approximate surface area is 249 Å². The van der Waals surface area contributed by atoms with E-state index in [-0.39, 0.29) is 21.5 Å². The smallest absolute Gasteiger partial charge is 0.340 e. The maximum atomic E-state index is 13.7. The van der Waals surface area contributed by atoms with Crippen LogP contribution in [0.1, 0.15) is 120 Å². The summed E-state index contributed by atoms with van der Waals surface area (Å²) in [7, 11) is -3.34. The Morgan fingerprint density at radius 3 is 2.12 bits per heavy atom. The normalized spacial score (nSPS) is 21.0. The quantitative estimate of drug-likeness (QED) is 0.328. The van der Waals surface area contributed by atoms with Gasteiger partial charge in [0.05, 0.1) is 21.3 Å². The number of carbonyl (C=O) groups excluding carboxylic acids is 2. The molecule has 1 unspecified atom stereocenters. The molecule has 0 saturated heterocycles. The van der Waals surface area contributed by atoms with E-state index in [2.05, 4.69) is 17.2 Å². The van der Waals surface area contributed by atoms with E-state index in [1.807, 2.05) is 0 Å². The van der Waals surface area contributed by atoms with Gasteiger partial charge in [0, 0.05) is 6.20 Å². The molecule has 2 aromatic rings. The zero-order valence-electron chi connectivity index (χ0n) is 25.3. The van der Waals surface area contributed by atoms with Crippen molar-refractivity contribution in [3.63, 3.8) is 0 Å². The molecule has 1 heterocycles. The molecule has 9 heteroatoms. The van der Waals surface area contributed by atoms with Crippen LogP contribution >= 0.6 is 0 Å². The van der Waals surface area contributed by atoms with Gasteiger partial charge < -0.3 is 14.8 Å². The Morgan fingerprint density at radius 1 is 0.929 bits per heavy atom. The number of aromatic nitrogens is 1. The summed E-state index contributed by atoms with van der Waals surface area (Å²) in [5.74, 6) is -0.607. The zero-order valence-corrected chi connectivity index (χ0v) is 26.1. The molecule has 0 aliphatic heterocycles. The van der Waals surface area contributed by atoms with E-state index in [0.717, 1.165) is 25.7 Å². The van der Waals surface area contributed by atoms with Crippen molar-refractivity contribution in [2.45, 2.75) is 126 Å². The monoisotopic (exact) mass is 596 g/mol. The first-order chi connectivity index (χ1) is 19.8. The van der Waals surface area contributed by atoms with Crippen molar-refractivity contribution in [2.75, 3.05) is 5.32 Å². The van der Waals surface area contributed by atoms with E-state index in [1.165, 1.54) is 38.3 Å². The Bertz CT molecular complexity index is 1380. The predicted molar refractivity (Wildman–Crippen MR) is 161 cm³/mol. The number of carbonyl (C=O) groups is 2. The highest BCUT2D eigenvalue weighted by molar-refractivity contribution is 7.92. The number of sulfone groups is 1. The summed E-state index contributed by atoms with van der Waals surface area (Å²) in [5.41, 5.74) is 0.157. The molecular weight excluding hydrogens is 552 g/mol. The van der Waals surface area contributed by atoms with Crippen LogP contribution in [0, 0.1) is 5.41 Å². The predicted octanol–water partition coefficient (Wildman–Crippen LogP) is 6.95. The summed E-state index contributed by atoms with van der Waals surface area (Å²) in [5, 5.41) is 2.54. The Hall–Kier alpha value is -2.78. The lowest BCUT2D eigenvalue weighted by Crippen LogP contribution is -2.42. The van der Waals surface area contributed by atoms with Gasteiger partial charge in [-0.25, -0.2) is 18.2 Å². The Balaban J connectivity index is 1.34. The molecule has 1 aromatic heterocycles. The van der Waals surface area contributed by atoms with Crippen molar-refractivity contribution in [1.82, 2.24) is 4.98 Å². The second-order valence-electron chi connectivity index (χ2n) is 13.7. The van der Waals surface area contributed by atoms with Crippen LogP contribution in [0.5, 0.6) is 0 Å². The Morgan fingerprint density at radius 2 is 1.57 bits per heavy atom. The molecule has 3 aliphatic rings. The van der Waals surface area contributed by atoms with Gasteiger partial charge in [0.25, 0.3) is 5.91 Å². The van der Waals surface area contributed by atoms with Crippen LogP contribution in [0.25, 0.3) is 0 Å². The number of hydrogen-bond acceptors (Lipinski definition) is 7. The fourth-order valence-corrected chi connectivity index (χ4v) is 7.96. The van der Waals surface area contributed by atoms with Gasteiger partial charge in [-0.05, 0) is 114 Å². The van der Waals surface area contributed by atoms with Gasteiger partial charge in [0.15, 0.2) is 15.9 Å². The van der Waals surface area contributed by atoms with Crippen LogP contribution in [0.15, 0.2) is 47.5 Å². The molecule has 1 N–H and O–H groups in total. The number of nitrogens with zero attached hydrogens (tertiary/aromatic N) is 1. The largest absolute Gasteiger partial charge is 0.456 e. The molecule has 1 aromatic carbocycles. The molecule has 8 nitrogen and oxygen atoms in total. The molecule has 3 aliphatic carbocycles. The fraction of sp³-hybridized carbons (Fsp3) is 0.606. The number of benzene rings is 1. The first-order valence-electron chi connectivity index (χ1n) is 15.3. The van der Waals surface area contributed by atoms with Crippen LogP contribution < -0.4 is 5.32 Å². The molecule has 5 rings (SSSR count). The number of anilines is 1. The third-order valence-electron chi connectivity index (χ3n) is 9.05. The maximum absolute atomic E-state index is 13.7. The zero-order chi connectivity index (χ0) is 30.2. The van der Waals surface area contributed by atoms with E-state index >= 15 is 0 Å². The van der Waals surface area contributed by atoms with Crippen molar-refractivity contribution >= 4 is 27.5 Å². The number of esters is 1. The average molecular weight is 597 g/mol. The summed E-state index contributed by atoms with van der Waals surface area (Å²) < 4.78 is 37.6. The summed E-state index contributed by atoms with van der Waals surface area (Å²) in [6, 6.07) is 9.67. The van der Waals surface area contributed by atoms with E-state index in [1.54, 1.807) is 57.2 Å². The van der Waals surface area contributed by atoms with Crippen molar-refractivity contribution in [1.29, 1.82) is 0 Å². The van der Waals surface area contributed by atoms with Crippen LogP contribution in [0.3, 0.4) is 0 Å². The first-order valence-corrected chi connectivity index (χ1v) is 16.8. The summed E-state index contributed by atoms with van der Waals surface area (Å²) in [6.07, 6.45) is 12.2. The lowest BCUT2D eigenvalue weighted by Gasteiger charge is -2.47. The molecule has 1 spiro atoms. The third kappa shape index (κ3) is 7.22. The summed E-state index contributed by atoms with van der Waals surface area (Å²) >= 11 is 0. The molecule has 42 heavy (non-hydrogen) atoms. The molecule has 1 atom stereocenters. The number of hydrogen-bond donors (Lipinski definition) is 1. The van der Waals surface area contributed by atoms with Gasteiger partial charge >= 0.3 is 5.97 Å². The topological polar surface area (TPSA) is 112 Å². The highest BCUT2D eigenvalue weighted by Gasteiger charge is 2.43. The minimum absolute atomic E-state index is 0.274. The molecular formula is C33H44N2O6S. The van der Waals surface area contributed by atoms with E-state index in [9.17, 15) is 18.0 Å². The molecule has 228 valence electrons. The number of nitrogens with one attached hydrogen (secondary N) is 1. The molecule has 0 bridgehead atoms. The van der Waals surface area contributed by atoms with Gasteiger partial charge in [0.1, 0.15) is 11.4 Å². The average Bonchev–Trinajstić information content (AvgIpc) is 3.81. The molecule has 3 saturated carbocycles. The minimum atomic E-state index is -3.34. The van der Waals surface area contributed by atoms with Gasteiger partial charge in [0.2, 0.25) is 0 Å². The SMILES string of the molecule is CC(C)(C)OC(=O)c1ccc(NC(=O)C(OC2(C)CCC3(CCCCC3)CC2)c2ccc(S(=O)(=O)C3CC3)cc2)nc1. The van der Waals surface area contributed by atoms with Crippen molar-refractivity contribution in [3.8, 4) is 0 Å². The molecule has 3 fully saturated rings. The number of pyridine rings is 1. The second-order valence-corrected chi connectivity index (χ2v) is 16.0. The van der Waals surface area contributed by atoms with Crippen LogP contribution in [0.2, 0.25) is 0 Å². The molecule has 1 amide bonds. The van der Waals surface area contributed by atoms with E-state index in [0.29, 0.717) is 23.8 Å². The standard InChI is InChI=1S/C33H44N2O6S/c1-31(2,3)41-30(37)24-10-15-27(34-22-24)35-29(36)28(23-8-11-25(12-9-23)42(38,39)26-13-14-26)40-32(4)18-20-33(21-19-32)16-6-5-7-17-33/h8-12,15,22,26,28H,5-7,13-14,16-21H2,1-4H3,(H,34,35,36). The van der Waals surface area contributed by atoms with E-state index < -0.39 is 39.0 Å². The van der Waals surface area contributed by atoms with Crippen molar-refractivity contribution in [2.24, 2.45) is 5.41 Å². The molecule has 0 radical (unpaired) electrons. The van der Waals surface area contributed by atoms with Crippen molar-refractivity contribution < 1.29 is 27.5 Å². The highest BCUT2D eigenvalue weighted by atomic mass is 32.2. The number of amides is 1. The number of ether oxygens (including phenoxy) is 2. The highest BCUT2D eigenvalue weighted by Crippen LogP contribution is 2.51. The van der Waals surface area contributed by atoms with Gasteiger partial charge in [-0.1, -0.05) is 31.4 Å². The summed E-state index contributed by atoms with van der Waals surface area (Å²) in [4.78, 5) is 30.7. The first kappa shape index (κ1) is 30.7. The Kier molecular flexibility index (Phi) is 8.56.